The largest absolute Gasteiger partial charge is 0.497 e. The molecular formula is C28H44N2O8. The van der Waals surface area contributed by atoms with Crippen molar-refractivity contribution in [3.05, 3.63) is 29.8 Å². The molecule has 4 N–H and O–H groups in total. The van der Waals surface area contributed by atoms with E-state index in [0.29, 0.717) is 31.6 Å². The molecule has 1 saturated carbocycles. The van der Waals surface area contributed by atoms with Crippen LogP contribution in [-0.2, 0) is 20.9 Å². The molecule has 1 heterocycles. The van der Waals surface area contributed by atoms with E-state index in [1.165, 1.54) is 4.90 Å². The molecule has 5 atom stereocenters. The van der Waals surface area contributed by atoms with Gasteiger partial charge in [-0.1, -0.05) is 26.0 Å². The number of amides is 2. The second-order valence-electron chi connectivity index (χ2n) is 10.9. The summed E-state index contributed by atoms with van der Waals surface area (Å²) in [6.45, 7) is 3.90. The number of hydrogen-bond donors (Lipinski definition) is 4. The third-order valence-corrected chi connectivity index (χ3v) is 7.25. The van der Waals surface area contributed by atoms with Crippen LogP contribution < -0.4 is 4.74 Å². The summed E-state index contributed by atoms with van der Waals surface area (Å²) in [6.07, 6.45) is -2.60. The number of β-amino-alcohol motifs (C(OH)–C–C–N with tert-alkyl or cyclic N) is 1. The molecule has 0 radical (unpaired) electrons. The molecule has 10 heteroatoms. The number of carbonyl (C=O) groups is 2. The Kier molecular flexibility index (Phi) is 11.3. The van der Waals surface area contributed by atoms with Crippen molar-refractivity contribution >= 4 is 11.8 Å². The Labute approximate surface area is 225 Å². The third-order valence-electron chi connectivity index (χ3n) is 7.25. The van der Waals surface area contributed by atoms with Crippen LogP contribution in [0.5, 0.6) is 5.75 Å². The predicted octanol–water partition coefficient (Wildman–Crippen LogP) is 0.931. The van der Waals surface area contributed by atoms with E-state index < -0.39 is 37.1 Å². The third kappa shape index (κ3) is 8.13. The molecule has 1 aliphatic heterocycles. The average molecular weight is 537 g/mol. The quantitative estimate of drug-likeness (QED) is 0.404. The lowest BCUT2D eigenvalue weighted by atomic mass is 9.98. The molecule has 0 spiro atoms. The van der Waals surface area contributed by atoms with Gasteiger partial charge in [0.2, 0.25) is 11.8 Å². The maximum atomic E-state index is 14.2. The van der Waals surface area contributed by atoms with Crippen molar-refractivity contribution in [3.63, 3.8) is 0 Å². The van der Waals surface area contributed by atoms with Crippen molar-refractivity contribution < 1.29 is 39.5 Å². The summed E-state index contributed by atoms with van der Waals surface area (Å²) in [5, 5.41) is 41.9. The molecule has 1 saturated heterocycles. The van der Waals surface area contributed by atoms with Crippen molar-refractivity contribution in [2.24, 2.45) is 11.8 Å². The SMILES string of the molecule is COc1ccc(CN2C[C@H](O)[C@@H](O)[C@H](O)[C@@H](CO)OCCCCN(C(=O)C3CC3)[C@@H](CC(C)C)C2=O)cc1. The molecule has 2 amide bonds. The summed E-state index contributed by atoms with van der Waals surface area (Å²) in [4.78, 5) is 30.7. The fraction of sp³-hybridized carbons (Fsp3) is 0.714. The molecule has 214 valence electrons. The highest BCUT2D eigenvalue weighted by atomic mass is 16.5. The van der Waals surface area contributed by atoms with Gasteiger partial charge < -0.3 is 39.7 Å². The first-order valence-corrected chi connectivity index (χ1v) is 13.6. The number of aliphatic hydroxyl groups is 4. The molecule has 0 aromatic heterocycles. The minimum atomic E-state index is -1.66. The van der Waals surface area contributed by atoms with Crippen LogP contribution >= 0.6 is 0 Å². The summed E-state index contributed by atoms with van der Waals surface area (Å²) >= 11 is 0. The van der Waals surface area contributed by atoms with Gasteiger partial charge in [-0.05, 0) is 55.7 Å². The van der Waals surface area contributed by atoms with E-state index in [1.807, 2.05) is 26.0 Å². The number of nitrogens with zero attached hydrogens (tertiary/aromatic N) is 2. The zero-order chi connectivity index (χ0) is 27.8. The highest BCUT2D eigenvalue weighted by molar-refractivity contribution is 5.89. The summed E-state index contributed by atoms with van der Waals surface area (Å²) in [7, 11) is 1.56. The van der Waals surface area contributed by atoms with E-state index in [2.05, 4.69) is 0 Å². The molecule has 2 aliphatic rings. The van der Waals surface area contributed by atoms with E-state index in [-0.39, 0.29) is 43.3 Å². The second kappa shape index (κ2) is 14.2. The average Bonchev–Trinajstić information content (AvgIpc) is 3.75. The van der Waals surface area contributed by atoms with Crippen LogP contribution in [0.1, 0.15) is 51.5 Å². The first-order valence-electron chi connectivity index (χ1n) is 13.6. The van der Waals surface area contributed by atoms with Crippen molar-refractivity contribution in [1.82, 2.24) is 9.80 Å². The fourth-order valence-electron chi connectivity index (χ4n) is 4.85. The second-order valence-corrected chi connectivity index (χ2v) is 10.9. The standard InChI is InChI=1S/C28H44N2O8/c1-18(2)14-22-28(36)29(15-19-6-10-21(37-3)11-7-19)16-23(32)25(33)26(34)24(17-31)38-13-5-4-12-30(22)27(35)20-8-9-20/h6-7,10-11,18,20,22-26,31-34H,4-5,8-9,12-17H2,1-3H3/t22-,23-,24+,25+,26+/m0/s1. The van der Waals surface area contributed by atoms with Crippen LogP contribution in [0.4, 0.5) is 0 Å². The van der Waals surface area contributed by atoms with E-state index in [9.17, 15) is 30.0 Å². The molecule has 3 rings (SSSR count). The zero-order valence-corrected chi connectivity index (χ0v) is 22.7. The van der Waals surface area contributed by atoms with Crippen molar-refractivity contribution in [2.45, 2.75) is 83.0 Å². The van der Waals surface area contributed by atoms with Gasteiger partial charge in [0.25, 0.3) is 0 Å². The maximum Gasteiger partial charge on any atom is 0.245 e. The highest BCUT2D eigenvalue weighted by Gasteiger charge is 2.41. The van der Waals surface area contributed by atoms with Gasteiger partial charge in [0, 0.05) is 32.2 Å². The van der Waals surface area contributed by atoms with Gasteiger partial charge in [-0.3, -0.25) is 9.59 Å². The molecule has 0 unspecified atom stereocenters. The number of rotatable bonds is 7. The Bertz CT molecular complexity index is 891. The van der Waals surface area contributed by atoms with Gasteiger partial charge in [-0.2, -0.15) is 0 Å². The van der Waals surface area contributed by atoms with Gasteiger partial charge in [0.1, 0.15) is 36.2 Å². The fourth-order valence-corrected chi connectivity index (χ4v) is 4.85. The van der Waals surface area contributed by atoms with Crippen LogP contribution in [-0.4, -0.2) is 106 Å². The summed E-state index contributed by atoms with van der Waals surface area (Å²) < 4.78 is 10.8. The molecule has 1 aliphatic carbocycles. The molecule has 1 aromatic rings. The number of hydrogen-bond acceptors (Lipinski definition) is 8. The maximum absolute atomic E-state index is 14.2. The van der Waals surface area contributed by atoms with Gasteiger partial charge >= 0.3 is 0 Å². The van der Waals surface area contributed by atoms with E-state index in [4.69, 9.17) is 9.47 Å². The number of aliphatic hydroxyl groups excluding tert-OH is 4. The normalized spacial score (nSPS) is 28.3. The number of ether oxygens (including phenoxy) is 2. The van der Waals surface area contributed by atoms with Crippen LogP contribution in [0.3, 0.4) is 0 Å². The molecular weight excluding hydrogens is 492 g/mol. The Morgan fingerprint density at radius 1 is 1.11 bits per heavy atom. The van der Waals surface area contributed by atoms with E-state index in [1.54, 1.807) is 24.1 Å². The van der Waals surface area contributed by atoms with Crippen LogP contribution in [0.25, 0.3) is 0 Å². The number of benzene rings is 1. The first-order chi connectivity index (χ1) is 18.2. The molecule has 2 fully saturated rings. The zero-order valence-electron chi connectivity index (χ0n) is 22.7. The Morgan fingerprint density at radius 3 is 2.37 bits per heavy atom. The highest BCUT2D eigenvalue weighted by Crippen LogP contribution is 2.33. The van der Waals surface area contributed by atoms with Crippen molar-refractivity contribution in [3.8, 4) is 5.75 Å². The lowest BCUT2D eigenvalue weighted by molar-refractivity contribution is -0.155. The molecule has 38 heavy (non-hydrogen) atoms. The minimum Gasteiger partial charge on any atom is -0.497 e. The topological polar surface area (TPSA) is 140 Å². The summed E-state index contributed by atoms with van der Waals surface area (Å²) in [5.74, 6) is 0.394. The number of methoxy groups -OCH3 is 1. The van der Waals surface area contributed by atoms with E-state index in [0.717, 1.165) is 18.4 Å². The molecule has 0 bridgehead atoms. The Hall–Kier alpha value is -2.24. The molecule has 1 aromatic carbocycles. The number of carbonyl (C=O) groups excluding carboxylic acids is 2. The lowest BCUT2D eigenvalue weighted by Crippen LogP contribution is -2.56. The van der Waals surface area contributed by atoms with Crippen LogP contribution in [0.2, 0.25) is 0 Å². The van der Waals surface area contributed by atoms with Crippen molar-refractivity contribution in [1.29, 1.82) is 0 Å². The van der Waals surface area contributed by atoms with Gasteiger partial charge in [0.05, 0.1) is 13.7 Å². The monoisotopic (exact) mass is 536 g/mol. The predicted molar refractivity (Wildman–Crippen MR) is 140 cm³/mol. The Balaban J connectivity index is 1.97. The Morgan fingerprint density at radius 2 is 1.79 bits per heavy atom. The smallest absolute Gasteiger partial charge is 0.245 e. The molecule has 10 nitrogen and oxygen atoms in total. The minimum absolute atomic E-state index is 0.0225. The van der Waals surface area contributed by atoms with Gasteiger partial charge in [-0.15, -0.1) is 0 Å². The first kappa shape index (κ1) is 30.3. The summed E-state index contributed by atoms with van der Waals surface area (Å²) in [6, 6.07) is 6.46. The van der Waals surface area contributed by atoms with E-state index >= 15 is 0 Å². The van der Waals surface area contributed by atoms with Crippen LogP contribution in [0, 0.1) is 11.8 Å². The van der Waals surface area contributed by atoms with Crippen molar-refractivity contribution in [2.75, 3.05) is 33.4 Å². The van der Waals surface area contributed by atoms with Gasteiger partial charge in [0.15, 0.2) is 0 Å². The van der Waals surface area contributed by atoms with Gasteiger partial charge in [-0.25, -0.2) is 0 Å². The lowest BCUT2D eigenvalue weighted by Gasteiger charge is -2.38. The summed E-state index contributed by atoms with van der Waals surface area (Å²) in [5.41, 5.74) is 0.780. The van der Waals surface area contributed by atoms with Crippen LogP contribution in [0.15, 0.2) is 24.3 Å².